The molecule has 0 amide bonds. The molecule has 1 fully saturated rings. The van der Waals surface area contributed by atoms with Crippen molar-refractivity contribution in [1.29, 1.82) is 0 Å². The number of hydrogen-bond acceptors (Lipinski definition) is 3. The average molecular weight is 435 g/mol. The first-order valence-corrected chi connectivity index (χ1v) is 13.5. The highest BCUT2D eigenvalue weighted by atomic mass is 32.2. The molecule has 2 N–H and O–H groups in total. The maximum Gasteiger partial charge on any atom is 0.212 e. The van der Waals surface area contributed by atoms with E-state index in [4.69, 9.17) is 0 Å². The zero-order valence-electron chi connectivity index (χ0n) is 19.8. The zero-order chi connectivity index (χ0) is 22.2. The number of nitrogens with one attached hydrogen (secondary N) is 2. The zero-order valence-corrected chi connectivity index (χ0v) is 20.7. The van der Waals surface area contributed by atoms with Crippen LogP contribution in [0.2, 0.25) is 0 Å². The second kappa shape index (κ2) is 8.55. The Bertz CT molecular complexity index is 850. The van der Waals surface area contributed by atoms with Crippen molar-refractivity contribution in [3.63, 3.8) is 0 Å². The standard InChI is InChI=1S/C25H42N2O2S/c1-7-24(14-13-20-11-9-10-12-21(20)24)15-16-27-30(28,29)18-25(8-2)22(26-6)17-19(3)23(25,4)5/h9-12,19,22,26-27H,7-8,13-18H2,1-6H3. The van der Waals surface area contributed by atoms with Crippen LogP contribution in [0.3, 0.4) is 0 Å². The molecule has 5 heteroatoms. The summed E-state index contributed by atoms with van der Waals surface area (Å²) >= 11 is 0. The van der Waals surface area contributed by atoms with Crippen LogP contribution in [0.15, 0.2) is 24.3 Å². The van der Waals surface area contributed by atoms with Crippen LogP contribution in [-0.4, -0.2) is 33.8 Å². The summed E-state index contributed by atoms with van der Waals surface area (Å²) < 4.78 is 29.6. The molecule has 4 atom stereocenters. The molecule has 0 bridgehead atoms. The van der Waals surface area contributed by atoms with Gasteiger partial charge in [0.1, 0.15) is 0 Å². The fraction of sp³-hybridized carbons (Fsp3) is 0.760. The summed E-state index contributed by atoms with van der Waals surface area (Å²) in [6, 6.07) is 8.92. The van der Waals surface area contributed by atoms with Crippen LogP contribution in [0.1, 0.15) is 77.8 Å². The van der Waals surface area contributed by atoms with Crippen molar-refractivity contribution in [1.82, 2.24) is 10.0 Å². The third-order valence-corrected chi connectivity index (χ3v) is 10.8. The summed E-state index contributed by atoms with van der Waals surface area (Å²) in [4.78, 5) is 0. The van der Waals surface area contributed by atoms with Crippen LogP contribution in [-0.2, 0) is 21.9 Å². The summed E-state index contributed by atoms with van der Waals surface area (Å²) in [6.45, 7) is 11.7. The number of rotatable bonds is 9. The number of benzene rings is 1. The van der Waals surface area contributed by atoms with E-state index in [9.17, 15) is 8.42 Å². The SMILES string of the molecule is CCC1(CCNS(=O)(=O)CC2(CC)C(NC)CC(C)C2(C)C)CCc2ccccc21. The third-order valence-electron chi connectivity index (χ3n) is 9.26. The van der Waals surface area contributed by atoms with Crippen LogP contribution in [0, 0.1) is 16.7 Å². The number of hydrogen-bond donors (Lipinski definition) is 2. The molecule has 0 saturated heterocycles. The van der Waals surface area contributed by atoms with Crippen molar-refractivity contribution in [3.8, 4) is 0 Å². The minimum Gasteiger partial charge on any atom is -0.316 e. The van der Waals surface area contributed by atoms with E-state index in [0.717, 1.165) is 38.5 Å². The molecule has 0 aromatic heterocycles. The van der Waals surface area contributed by atoms with E-state index >= 15 is 0 Å². The van der Waals surface area contributed by atoms with Crippen molar-refractivity contribution >= 4 is 10.0 Å². The van der Waals surface area contributed by atoms with E-state index in [1.165, 1.54) is 11.1 Å². The fourth-order valence-corrected chi connectivity index (χ4v) is 8.67. The molecule has 0 heterocycles. The molecule has 4 unspecified atom stereocenters. The van der Waals surface area contributed by atoms with Crippen LogP contribution >= 0.6 is 0 Å². The van der Waals surface area contributed by atoms with E-state index in [0.29, 0.717) is 12.5 Å². The maximum absolute atomic E-state index is 13.3. The van der Waals surface area contributed by atoms with E-state index < -0.39 is 10.0 Å². The number of aryl methyl sites for hydroxylation is 1. The van der Waals surface area contributed by atoms with Gasteiger partial charge in [-0.25, -0.2) is 13.1 Å². The van der Waals surface area contributed by atoms with Crippen LogP contribution in [0.5, 0.6) is 0 Å². The van der Waals surface area contributed by atoms with Crippen molar-refractivity contribution in [2.75, 3.05) is 19.3 Å². The first kappa shape index (κ1) is 23.7. The molecular weight excluding hydrogens is 392 g/mol. The summed E-state index contributed by atoms with van der Waals surface area (Å²) in [5, 5.41) is 3.45. The van der Waals surface area contributed by atoms with Crippen molar-refractivity contribution in [3.05, 3.63) is 35.4 Å². The largest absolute Gasteiger partial charge is 0.316 e. The molecule has 30 heavy (non-hydrogen) atoms. The van der Waals surface area contributed by atoms with Gasteiger partial charge in [-0.1, -0.05) is 58.9 Å². The van der Waals surface area contributed by atoms with Crippen molar-refractivity contribution in [2.24, 2.45) is 16.7 Å². The van der Waals surface area contributed by atoms with Crippen molar-refractivity contribution < 1.29 is 8.42 Å². The Kier molecular flexibility index (Phi) is 6.77. The predicted molar refractivity (Wildman–Crippen MR) is 126 cm³/mol. The summed E-state index contributed by atoms with van der Waals surface area (Å²) in [5.74, 6) is 0.693. The lowest BCUT2D eigenvalue weighted by Crippen LogP contribution is -2.52. The molecule has 3 rings (SSSR count). The smallest absolute Gasteiger partial charge is 0.212 e. The first-order chi connectivity index (χ1) is 14.1. The number of sulfonamides is 1. The normalized spacial score (nSPS) is 33.0. The van der Waals surface area contributed by atoms with Gasteiger partial charge in [-0.05, 0) is 73.4 Å². The Morgan fingerprint density at radius 2 is 1.83 bits per heavy atom. The van der Waals surface area contributed by atoms with Gasteiger partial charge in [0.2, 0.25) is 10.0 Å². The van der Waals surface area contributed by atoms with Gasteiger partial charge in [0.25, 0.3) is 0 Å². The highest BCUT2D eigenvalue weighted by Gasteiger charge is 2.58. The Morgan fingerprint density at radius 1 is 1.13 bits per heavy atom. The average Bonchev–Trinajstić information content (AvgIpc) is 3.17. The Morgan fingerprint density at radius 3 is 2.47 bits per heavy atom. The van der Waals surface area contributed by atoms with E-state index in [1.807, 2.05) is 7.05 Å². The highest BCUT2D eigenvalue weighted by molar-refractivity contribution is 7.89. The molecule has 2 aliphatic carbocycles. The molecule has 1 aromatic carbocycles. The minimum absolute atomic E-state index is 0.0286. The van der Waals surface area contributed by atoms with Gasteiger partial charge >= 0.3 is 0 Å². The Labute approximate surface area is 184 Å². The second-order valence-corrected chi connectivity index (χ2v) is 12.2. The minimum atomic E-state index is -3.37. The van der Waals surface area contributed by atoms with Gasteiger partial charge in [-0.3, -0.25) is 0 Å². The topological polar surface area (TPSA) is 58.2 Å². The van der Waals surface area contributed by atoms with Crippen molar-refractivity contribution in [2.45, 2.75) is 84.6 Å². The molecular formula is C25H42N2O2S. The molecule has 0 spiro atoms. The Hall–Kier alpha value is -0.910. The lowest BCUT2D eigenvalue weighted by Gasteiger charge is -2.46. The Balaban J connectivity index is 1.73. The van der Waals surface area contributed by atoms with Gasteiger partial charge < -0.3 is 5.32 Å². The van der Waals surface area contributed by atoms with Gasteiger partial charge in [0, 0.05) is 18.0 Å². The lowest BCUT2D eigenvalue weighted by molar-refractivity contribution is 0.0758. The molecule has 170 valence electrons. The van der Waals surface area contributed by atoms with Crippen LogP contribution < -0.4 is 10.0 Å². The van der Waals surface area contributed by atoms with E-state index in [2.05, 4.69) is 68.9 Å². The van der Waals surface area contributed by atoms with Gasteiger partial charge in [0.05, 0.1) is 5.75 Å². The fourth-order valence-electron chi connectivity index (χ4n) is 6.70. The second-order valence-electron chi connectivity index (χ2n) is 10.4. The summed E-state index contributed by atoms with van der Waals surface area (Å²) in [5.41, 5.74) is 2.69. The molecule has 0 aliphatic heterocycles. The van der Waals surface area contributed by atoms with Gasteiger partial charge in [-0.15, -0.1) is 0 Å². The number of fused-ring (bicyclic) bond motifs is 1. The van der Waals surface area contributed by atoms with E-state index in [1.54, 1.807) is 0 Å². The summed E-state index contributed by atoms with van der Waals surface area (Å²) in [7, 11) is -1.39. The molecule has 1 aromatic rings. The molecule has 1 saturated carbocycles. The molecule has 0 radical (unpaired) electrons. The quantitative estimate of drug-likeness (QED) is 0.595. The predicted octanol–water partition coefficient (Wildman–Crippen LogP) is 4.64. The van der Waals surface area contributed by atoms with Crippen LogP contribution in [0.25, 0.3) is 0 Å². The van der Waals surface area contributed by atoms with E-state index in [-0.39, 0.29) is 28.0 Å². The molecule has 4 nitrogen and oxygen atoms in total. The highest BCUT2D eigenvalue weighted by Crippen LogP contribution is 2.58. The van der Waals surface area contributed by atoms with Gasteiger partial charge in [0.15, 0.2) is 0 Å². The van der Waals surface area contributed by atoms with Crippen LogP contribution in [0.4, 0.5) is 0 Å². The maximum atomic E-state index is 13.3. The first-order valence-electron chi connectivity index (χ1n) is 11.8. The van der Waals surface area contributed by atoms with Gasteiger partial charge in [-0.2, -0.15) is 0 Å². The molecule has 2 aliphatic rings. The third kappa shape index (κ3) is 3.86. The monoisotopic (exact) mass is 434 g/mol. The lowest BCUT2D eigenvalue weighted by atomic mass is 9.63. The summed E-state index contributed by atoms with van der Waals surface area (Å²) in [6.07, 6.45) is 6.04.